The Kier molecular flexibility index (Phi) is 6.55. The van der Waals surface area contributed by atoms with E-state index in [1.165, 1.54) is 54.4 Å². The van der Waals surface area contributed by atoms with E-state index in [0.29, 0.717) is 5.69 Å². The molecule has 3 aromatic rings. The standard InChI is InChI=1S/C19H16ClN5O5S/c1-12(29-2)30-18-6-4-15(31(20,27)28)10-17(18)24-23-16-5-3-14(9-13(16)11-21)25-19(26)7-8-22-25/h3-10,12,22H,1-2H3. The van der Waals surface area contributed by atoms with E-state index in [1.54, 1.807) is 13.0 Å². The van der Waals surface area contributed by atoms with Gasteiger partial charge in [0.15, 0.2) is 6.29 Å². The first-order valence-corrected chi connectivity index (χ1v) is 11.0. The Morgan fingerprint density at radius 1 is 1.16 bits per heavy atom. The van der Waals surface area contributed by atoms with Crippen molar-refractivity contribution in [3.05, 3.63) is 64.6 Å². The van der Waals surface area contributed by atoms with Crippen LogP contribution in [0.2, 0.25) is 0 Å². The lowest BCUT2D eigenvalue weighted by atomic mass is 10.2. The van der Waals surface area contributed by atoms with E-state index in [0.717, 1.165) is 0 Å². The Morgan fingerprint density at radius 2 is 1.90 bits per heavy atom. The number of nitrogens with one attached hydrogen (secondary N) is 1. The molecule has 160 valence electrons. The van der Waals surface area contributed by atoms with Crippen LogP contribution in [-0.4, -0.2) is 31.6 Å². The molecule has 0 aliphatic carbocycles. The van der Waals surface area contributed by atoms with Crippen molar-refractivity contribution in [1.29, 1.82) is 5.26 Å². The Labute approximate surface area is 181 Å². The van der Waals surface area contributed by atoms with Crippen LogP contribution < -0.4 is 10.3 Å². The minimum atomic E-state index is -4.01. The first-order valence-electron chi connectivity index (χ1n) is 8.74. The molecule has 3 rings (SSSR count). The van der Waals surface area contributed by atoms with Crippen LogP contribution in [-0.2, 0) is 13.8 Å². The summed E-state index contributed by atoms with van der Waals surface area (Å²) in [5, 5.41) is 20.3. The van der Waals surface area contributed by atoms with E-state index in [9.17, 15) is 18.5 Å². The normalized spacial score (nSPS) is 12.6. The van der Waals surface area contributed by atoms with Gasteiger partial charge < -0.3 is 9.47 Å². The average molecular weight is 462 g/mol. The highest BCUT2D eigenvalue weighted by molar-refractivity contribution is 8.13. The summed E-state index contributed by atoms with van der Waals surface area (Å²) < 4.78 is 35.2. The fourth-order valence-electron chi connectivity index (χ4n) is 2.52. The molecule has 1 heterocycles. The van der Waals surface area contributed by atoms with Gasteiger partial charge in [-0.1, -0.05) is 0 Å². The zero-order valence-electron chi connectivity index (χ0n) is 16.3. The van der Waals surface area contributed by atoms with Crippen molar-refractivity contribution in [1.82, 2.24) is 9.78 Å². The molecule has 31 heavy (non-hydrogen) atoms. The van der Waals surface area contributed by atoms with Gasteiger partial charge in [0.2, 0.25) is 0 Å². The molecule has 1 N–H and O–H groups in total. The van der Waals surface area contributed by atoms with Crippen LogP contribution in [0.1, 0.15) is 12.5 Å². The number of rotatable bonds is 7. The van der Waals surface area contributed by atoms with Crippen molar-refractivity contribution >= 4 is 31.1 Å². The van der Waals surface area contributed by atoms with Gasteiger partial charge in [-0.15, -0.1) is 10.2 Å². The summed E-state index contributed by atoms with van der Waals surface area (Å²) in [5.74, 6) is 0.204. The number of aromatic amines is 1. The van der Waals surface area contributed by atoms with E-state index >= 15 is 0 Å². The monoisotopic (exact) mass is 461 g/mol. The zero-order chi connectivity index (χ0) is 22.6. The van der Waals surface area contributed by atoms with Gasteiger partial charge in [0.1, 0.15) is 23.2 Å². The molecule has 10 nitrogen and oxygen atoms in total. The number of nitriles is 1. The molecule has 0 aliphatic rings. The SMILES string of the molecule is COC(C)Oc1ccc(S(=O)(=O)Cl)cc1N=Nc1ccc(-n2[nH]ccc2=O)cc1C#N. The topological polar surface area (TPSA) is 139 Å². The zero-order valence-corrected chi connectivity index (χ0v) is 17.9. The predicted molar refractivity (Wildman–Crippen MR) is 112 cm³/mol. The number of nitrogens with zero attached hydrogens (tertiary/aromatic N) is 4. The molecular formula is C19H16ClN5O5S. The average Bonchev–Trinajstić information content (AvgIpc) is 3.17. The van der Waals surface area contributed by atoms with Gasteiger partial charge in [-0.25, -0.2) is 13.1 Å². The van der Waals surface area contributed by atoms with Crippen LogP contribution in [0.3, 0.4) is 0 Å². The summed E-state index contributed by atoms with van der Waals surface area (Å²) in [4.78, 5) is 11.6. The summed E-state index contributed by atoms with van der Waals surface area (Å²) in [6.45, 7) is 1.64. The highest BCUT2D eigenvalue weighted by Crippen LogP contribution is 2.34. The summed E-state index contributed by atoms with van der Waals surface area (Å²) >= 11 is 0. The number of benzene rings is 2. The summed E-state index contributed by atoms with van der Waals surface area (Å²) in [7, 11) is 2.85. The molecular weight excluding hydrogens is 446 g/mol. The van der Waals surface area contributed by atoms with Gasteiger partial charge in [-0.05, 0) is 43.3 Å². The Bertz CT molecular complexity index is 1340. The minimum Gasteiger partial charge on any atom is -0.463 e. The highest BCUT2D eigenvalue weighted by atomic mass is 35.7. The van der Waals surface area contributed by atoms with Crippen molar-refractivity contribution in [2.75, 3.05) is 7.11 Å². The van der Waals surface area contributed by atoms with Gasteiger partial charge in [0.25, 0.3) is 14.6 Å². The number of hydrogen-bond acceptors (Lipinski definition) is 8. The van der Waals surface area contributed by atoms with Gasteiger partial charge >= 0.3 is 0 Å². The lowest BCUT2D eigenvalue weighted by Crippen LogP contribution is -2.13. The summed E-state index contributed by atoms with van der Waals surface area (Å²) in [6.07, 6.45) is 0.836. The van der Waals surface area contributed by atoms with Crippen LogP contribution in [0.4, 0.5) is 11.4 Å². The number of H-pyrrole nitrogens is 1. The Balaban J connectivity index is 2.02. The minimum absolute atomic E-state index is 0.0687. The number of methoxy groups -OCH3 is 1. The summed E-state index contributed by atoms with van der Waals surface area (Å²) in [6, 6.07) is 11.7. The molecule has 0 bridgehead atoms. The Hall–Kier alpha value is -3.46. The molecule has 0 radical (unpaired) electrons. The largest absolute Gasteiger partial charge is 0.463 e. The van der Waals surface area contributed by atoms with E-state index in [-0.39, 0.29) is 33.1 Å². The van der Waals surface area contributed by atoms with Crippen molar-refractivity contribution in [3.8, 4) is 17.5 Å². The van der Waals surface area contributed by atoms with Crippen LogP contribution >= 0.6 is 10.7 Å². The fraction of sp³-hybridized carbons (Fsp3) is 0.158. The van der Waals surface area contributed by atoms with Crippen molar-refractivity contribution in [2.45, 2.75) is 18.1 Å². The van der Waals surface area contributed by atoms with Crippen molar-refractivity contribution in [2.24, 2.45) is 10.2 Å². The second-order valence-corrected chi connectivity index (χ2v) is 8.70. The second kappa shape index (κ2) is 9.13. The van der Waals surface area contributed by atoms with Crippen molar-refractivity contribution in [3.63, 3.8) is 0 Å². The highest BCUT2D eigenvalue weighted by Gasteiger charge is 2.16. The third kappa shape index (κ3) is 5.18. The molecule has 0 saturated heterocycles. The maximum absolute atomic E-state index is 11.8. The van der Waals surface area contributed by atoms with Gasteiger partial charge in [0, 0.05) is 30.1 Å². The lowest BCUT2D eigenvalue weighted by molar-refractivity contribution is -0.0379. The first-order chi connectivity index (χ1) is 14.7. The number of hydrogen-bond donors (Lipinski definition) is 1. The maximum atomic E-state index is 11.8. The van der Waals surface area contributed by atoms with Crippen LogP contribution in [0, 0.1) is 11.3 Å². The number of aromatic nitrogens is 2. The molecule has 0 fully saturated rings. The summed E-state index contributed by atoms with van der Waals surface area (Å²) in [5.41, 5.74) is 0.580. The smallest absolute Gasteiger partial charge is 0.271 e. The molecule has 0 saturated carbocycles. The maximum Gasteiger partial charge on any atom is 0.271 e. The Morgan fingerprint density at radius 3 is 2.52 bits per heavy atom. The number of halogens is 1. The number of ether oxygens (including phenoxy) is 2. The molecule has 0 amide bonds. The molecule has 2 aromatic carbocycles. The molecule has 1 atom stereocenters. The van der Waals surface area contributed by atoms with E-state index < -0.39 is 15.3 Å². The first kappa shape index (κ1) is 22.2. The quantitative estimate of drug-likeness (QED) is 0.323. The van der Waals surface area contributed by atoms with Gasteiger partial charge in [0.05, 0.1) is 16.1 Å². The van der Waals surface area contributed by atoms with Crippen molar-refractivity contribution < 1.29 is 17.9 Å². The molecule has 1 unspecified atom stereocenters. The van der Waals surface area contributed by atoms with E-state index in [1.807, 2.05) is 6.07 Å². The van der Waals surface area contributed by atoms with Crippen LogP contribution in [0.15, 0.2) is 68.6 Å². The number of azo groups is 1. The van der Waals surface area contributed by atoms with E-state index in [4.69, 9.17) is 20.2 Å². The molecule has 0 aliphatic heterocycles. The molecule has 1 aromatic heterocycles. The van der Waals surface area contributed by atoms with Crippen LogP contribution in [0.25, 0.3) is 5.69 Å². The lowest BCUT2D eigenvalue weighted by Gasteiger charge is -2.14. The second-order valence-electron chi connectivity index (χ2n) is 6.14. The van der Waals surface area contributed by atoms with Gasteiger partial charge in [-0.3, -0.25) is 9.89 Å². The third-order valence-electron chi connectivity index (χ3n) is 4.11. The fourth-order valence-corrected chi connectivity index (χ4v) is 3.30. The third-order valence-corrected chi connectivity index (χ3v) is 5.46. The molecule has 12 heteroatoms. The van der Waals surface area contributed by atoms with E-state index in [2.05, 4.69) is 15.3 Å². The molecule has 0 spiro atoms. The van der Waals surface area contributed by atoms with Crippen LogP contribution in [0.5, 0.6) is 5.75 Å². The van der Waals surface area contributed by atoms with Gasteiger partial charge in [-0.2, -0.15) is 5.26 Å². The predicted octanol–water partition coefficient (Wildman–Crippen LogP) is 3.75.